The van der Waals surface area contributed by atoms with Gasteiger partial charge in [0.25, 0.3) is 5.69 Å². The van der Waals surface area contributed by atoms with Crippen LogP contribution >= 0.6 is 0 Å². The molecule has 0 amide bonds. The summed E-state index contributed by atoms with van der Waals surface area (Å²) in [5, 5.41) is 24.9. The van der Waals surface area contributed by atoms with E-state index in [1.54, 1.807) is 26.1 Å². The first-order valence-corrected chi connectivity index (χ1v) is 7.10. The molecule has 1 heterocycles. The molecule has 1 aromatic carbocycles. The second kappa shape index (κ2) is 7.23. The summed E-state index contributed by atoms with van der Waals surface area (Å²) in [5.41, 5.74) is 1.03. The first-order valence-electron chi connectivity index (χ1n) is 7.10. The van der Waals surface area contributed by atoms with E-state index >= 15 is 0 Å². The molecule has 0 bridgehead atoms. The number of allylic oxidation sites excluding steroid dienone is 1. The Balaban J connectivity index is 2.52. The first-order chi connectivity index (χ1) is 11.5. The second-order valence-electron chi connectivity index (χ2n) is 4.85. The summed E-state index contributed by atoms with van der Waals surface area (Å²) in [4.78, 5) is 27.0. The molecule has 0 fully saturated rings. The molecule has 1 aliphatic rings. The molecule has 1 atom stereocenters. The zero-order chi connectivity index (χ0) is 17.7. The normalized spacial score (nSPS) is 16.5. The minimum atomic E-state index is -0.818. The third-order valence-corrected chi connectivity index (χ3v) is 3.31. The number of non-ortho nitro benzene ring substituents is 1. The van der Waals surface area contributed by atoms with E-state index in [-0.39, 0.29) is 23.8 Å². The largest absolute Gasteiger partial charge is 0.463 e. The third-order valence-electron chi connectivity index (χ3n) is 3.31. The summed E-state index contributed by atoms with van der Waals surface area (Å²) in [6.07, 6.45) is 1.74. The lowest BCUT2D eigenvalue weighted by molar-refractivity contribution is -0.384. The molecular weight excluding hydrogens is 314 g/mol. The summed E-state index contributed by atoms with van der Waals surface area (Å²) in [6.45, 7) is 3.51. The number of carbonyl (C=O) groups excluding carboxylic acids is 1. The highest BCUT2D eigenvalue weighted by Gasteiger charge is 2.31. The standard InChI is InChI=1S/C15H15N5O4/c1-3-24-14(21)12-9(2)18-15(17-8-16)19-13(12)10-5-4-6-11(7-10)20(22)23/h4-7,13H,3H2,1-2H3,(H2,17,18,19)/t13-/m1/s1. The van der Waals surface area contributed by atoms with E-state index in [9.17, 15) is 14.9 Å². The maximum atomic E-state index is 12.3. The highest BCUT2D eigenvalue weighted by atomic mass is 16.6. The van der Waals surface area contributed by atoms with Gasteiger partial charge in [-0.1, -0.05) is 12.1 Å². The van der Waals surface area contributed by atoms with Crippen LogP contribution in [0, 0.1) is 21.6 Å². The quantitative estimate of drug-likeness (QED) is 0.281. The van der Waals surface area contributed by atoms with Gasteiger partial charge < -0.3 is 10.1 Å². The molecule has 0 aliphatic carbocycles. The summed E-state index contributed by atoms with van der Waals surface area (Å²) in [5.74, 6) is -0.418. The van der Waals surface area contributed by atoms with Gasteiger partial charge in [0, 0.05) is 17.8 Å². The predicted molar refractivity (Wildman–Crippen MR) is 84.5 cm³/mol. The lowest BCUT2D eigenvalue weighted by atomic mass is 9.96. The Hall–Kier alpha value is -3.41. The van der Waals surface area contributed by atoms with Crippen molar-refractivity contribution in [1.29, 1.82) is 5.26 Å². The number of nitro groups is 1. The number of carbonyl (C=O) groups is 1. The zero-order valence-corrected chi connectivity index (χ0v) is 13.1. The van der Waals surface area contributed by atoms with Gasteiger partial charge in [0.2, 0.25) is 5.96 Å². The lowest BCUT2D eigenvalue weighted by Gasteiger charge is -2.25. The predicted octanol–water partition coefficient (Wildman–Crippen LogP) is 1.50. The fourth-order valence-corrected chi connectivity index (χ4v) is 2.32. The number of hydrogen-bond acceptors (Lipinski definition) is 8. The van der Waals surface area contributed by atoms with Crippen molar-refractivity contribution < 1.29 is 14.5 Å². The van der Waals surface area contributed by atoms with E-state index < -0.39 is 16.9 Å². The van der Waals surface area contributed by atoms with Crippen molar-refractivity contribution in [2.75, 3.05) is 6.61 Å². The minimum absolute atomic E-state index is 0.114. The molecular formula is C15H15N5O4. The molecule has 124 valence electrons. The minimum Gasteiger partial charge on any atom is -0.463 e. The number of benzene rings is 1. The van der Waals surface area contributed by atoms with Crippen molar-refractivity contribution in [1.82, 2.24) is 10.6 Å². The second-order valence-corrected chi connectivity index (χ2v) is 4.85. The number of guanidine groups is 1. The van der Waals surface area contributed by atoms with Crippen LogP contribution in [0.25, 0.3) is 0 Å². The molecule has 24 heavy (non-hydrogen) atoms. The molecule has 2 N–H and O–H groups in total. The van der Waals surface area contributed by atoms with Crippen LogP contribution in [-0.4, -0.2) is 23.5 Å². The van der Waals surface area contributed by atoms with Gasteiger partial charge in [-0.3, -0.25) is 15.4 Å². The van der Waals surface area contributed by atoms with Gasteiger partial charge in [-0.15, -0.1) is 0 Å². The Kier molecular flexibility index (Phi) is 5.11. The number of ether oxygens (including phenoxy) is 1. The van der Waals surface area contributed by atoms with Gasteiger partial charge in [-0.2, -0.15) is 5.26 Å². The van der Waals surface area contributed by atoms with Gasteiger partial charge in [0.1, 0.15) is 6.04 Å². The van der Waals surface area contributed by atoms with E-state index in [1.807, 2.05) is 0 Å². The van der Waals surface area contributed by atoms with Crippen LogP contribution < -0.4 is 10.6 Å². The van der Waals surface area contributed by atoms with Crippen molar-refractivity contribution in [3.8, 4) is 6.19 Å². The Morgan fingerprint density at radius 1 is 1.58 bits per heavy atom. The van der Waals surface area contributed by atoms with E-state index in [0.29, 0.717) is 11.3 Å². The summed E-state index contributed by atoms with van der Waals surface area (Å²) < 4.78 is 5.05. The van der Waals surface area contributed by atoms with Crippen LogP contribution in [0.5, 0.6) is 0 Å². The number of nitriles is 1. The van der Waals surface area contributed by atoms with Gasteiger partial charge in [0.15, 0.2) is 6.19 Å². The third kappa shape index (κ3) is 3.49. The van der Waals surface area contributed by atoms with Crippen LogP contribution in [0.3, 0.4) is 0 Å². The highest BCUT2D eigenvalue weighted by molar-refractivity contribution is 5.95. The average Bonchev–Trinajstić information content (AvgIpc) is 2.54. The Labute approximate surface area is 137 Å². The Morgan fingerprint density at radius 3 is 2.96 bits per heavy atom. The smallest absolute Gasteiger partial charge is 0.338 e. The van der Waals surface area contributed by atoms with Crippen LogP contribution in [0.4, 0.5) is 5.69 Å². The van der Waals surface area contributed by atoms with Crippen LogP contribution in [0.2, 0.25) is 0 Å². The van der Waals surface area contributed by atoms with Gasteiger partial charge in [0.05, 0.1) is 17.1 Å². The molecule has 2 rings (SSSR count). The van der Waals surface area contributed by atoms with Crippen molar-refractivity contribution in [3.05, 3.63) is 51.2 Å². The fourth-order valence-electron chi connectivity index (χ4n) is 2.32. The molecule has 0 spiro atoms. The van der Waals surface area contributed by atoms with Gasteiger partial charge in [-0.25, -0.2) is 9.79 Å². The van der Waals surface area contributed by atoms with Gasteiger partial charge >= 0.3 is 5.97 Å². The Bertz CT molecular complexity index is 778. The maximum absolute atomic E-state index is 12.3. The van der Waals surface area contributed by atoms with E-state index in [2.05, 4.69) is 15.6 Å². The van der Waals surface area contributed by atoms with Crippen molar-refractivity contribution in [3.63, 3.8) is 0 Å². The zero-order valence-electron chi connectivity index (χ0n) is 13.1. The number of rotatable bonds is 4. The number of nitro benzene ring substituents is 1. The number of nitrogens with one attached hydrogen (secondary N) is 2. The van der Waals surface area contributed by atoms with Crippen LogP contribution in [0.1, 0.15) is 25.5 Å². The highest BCUT2D eigenvalue weighted by Crippen LogP contribution is 2.32. The molecule has 1 aromatic rings. The number of hydrogen-bond donors (Lipinski definition) is 2. The molecule has 1 aliphatic heterocycles. The van der Waals surface area contributed by atoms with Gasteiger partial charge in [-0.05, 0) is 19.4 Å². The van der Waals surface area contributed by atoms with Crippen LogP contribution in [-0.2, 0) is 9.53 Å². The van der Waals surface area contributed by atoms with E-state index in [0.717, 1.165) is 0 Å². The number of esters is 1. The maximum Gasteiger partial charge on any atom is 0.338 e. The van der Waals surface area contributed by atoms with E-state index in [1.165, 1.54) is 18.2 Å². The van der Waals surface area contributed by atoms with Crippen LogP contribution in [0.15, 0.2) is 40.5 Å². The average molecular weight is 329 g/mol. The summed E-state index contributed by atoms with van der Waals surface area (Å²) in [6, 6.07) is 5.02. The molecule has 9 heteroatoms. The molecule has 0 saturated heterocycles. The molecule has 0 saturated carbocycles. The van der Waals surface area contributed by atoms with Crippen molar-refractivity contribution >= 4 is 17.6 Å². The molecule has 0 unspecified atom stereocenters. The fraction of sp³-hybridized carbons (Fsp3) is 0.267. The number of nitrogens with zero attached hydrogens (tertiary/aromatic N) is 3. The summed E-state index contributed by atoms with van der Waals surface area (Å²) >= 11 is 0. The topological polar surface area (TPSA) is 130 Å². The summed E-state index contributed by atoms with van der Waals surface area (Å²) in [7, 11) is 0. The number of aliphatic imine (C=N–C) groups is 1. The molecule has 0 radical (unpaired) electrons. The first kappa shape index (κ1) is 17.0. The molecule has 0 aromatic heterocycles. The van der Waals surface area contributed by atoms with Crippen molar-refractivity contribution in [2.24, 2.45) is 4.99 Å². The monoisotopic (exact) mass is 329 g/mol. The molecule has 9 nitrogen and oxygen atoms in total. The SMILES string of the molecule is CCOC(=O)C1=C(C)NC(NC#N)=N[C@@H]1c1cccc([N+](=O)[O-])c1. The van der Waals surface area contributed by atoms with Crippen molar-refractivity contribution in [2.45, 2.75) is 19.9 Å². The van der Waals surface area contributed by atoms with E-state index in [4.69, 9.17) is 10.00 Å². The lowest BCUT2D eigenvalue weighted by Crippen LogP contribution is -2.39. The Morgan fingerprint density at radius 2 is 2.33 bits per heavy atom.